The van der Waals surface area contributed by atoms with E-state index in [0.717, 1.165) is 5.56 Å². The quantitative estimate of drug-likeness (QED) is 0.836. The van der Waals surface area contributed by atoms with E-state index < -0.39 is 0 Å². The van der Waals surface area contributed by atoms with Gasteiger partial charge in [-0.1, -0.05) is 6.07 Å². The SMILES string of the molecule is COc1cc(O)ccc1[C@H](N)C1CC1.Cl. The van der Waals surface area contributed by atoms with E-state index in [2.05, 4.69) is 0 Å². The molecule has 0 aromatic heterocycles. The minimum Gasteiger partial charge on any atom is -0.508 e. The van der Waals surface area contributed by atoms with Gasteiger partial charge in [0.1, 0.15) is 11.5 Å². The molecule has 0 radical (unpaired) electrons. The highest BCUT2D eigenvalue weighted by Crippen LogP contribution is 2.42. The molecule has 0 saturated heterocycles. The van der Waals surface area contributed by atoms with Crippen LogP contribution in [0.2, 0.25) is 0 Å². The number of ether oxygens (including phenoxy) is 1. The summed E-state index contributed by atoms with van der Waals surface area (Å²) in [5, 5.41) is 9.28. The number of aromatic hydroxyl groups is 1. The van der Waals surface area contributed by atoms with Crippen molar-refractivity contribution in [3.05, 3.63) is 23.8 Å². The van der Waals surface area contributed by atoms with Crippen molar-refractivity contribution in [3.8, 4) is 11.5 Å². The Morgan fingerprint density at radius 2 is 2.13 bits per heavy atom. The lowest BCUT2D eigenvalue weighted by Gasteiger charge is -2.14. The average Bonchev–Trinajstić information content (AvgIpc) is 3.00. The maximum absolute atomic E-state index is 9.28. The number of nitrogens with two attached hydrogens (primary N) is 1. The fourth-order valence-electron chi connectivity index (χ4n) is 1.68. The highest BCUT2D eigenvalue weighted by Gasteiger charge is 2.31. The lowest BCUT2D eigenvalue weighted by Crippen LogP contribution is -2.13. The van der Waals surface area contributed by atoms with E-state index in [0.29, 0.717) is 11.7 Å². The average molecular weight is 230 g/mol. The number of benzene rings is 1. The molecule has 3 nitrogen and oxygen atoms in total. The third-order valence-corrected chi connectivity index (χ3v) is 2.71. The van der Waals surface area contributed by atoms with Crippen molar-refractivity contribution < 1.29 is 9.84 Å². The maximum atomic E-state index is 9.28. The van der Waals surface area contributed by atoms with E-state index in [1.807, 2.05) is 6.07 Å². The second kappa shape index (κ2) is 4.73. The fourth-order valence-corrected chi connectivity index (χ4v) is 1.68. The molecule has 0 spiro atoms. The third-order valence-electron chi connectivity index (χ3n) is 2.71. The van der Waals surface area contributed by atoms with Crippen molar-refractivity contribution in [2.75, 3.05) is 7.11 Å². The Morgan fingerprint density at radius 3 is 2.67 bits per heavy atom. The minimum atomic E-state index is 0. The van der Waals surface area contributed by atoms with Crippen LogP contribution in [-0.4, -0.2) is 12.2 Å². The van der Waals surface area contributed by atoms with Crippen LogP contribution in [0, 0.1) is 5.92 Å². The van der Waals surface area contributed by atoms with E-state index in [1.165, 1.54) is 12.8 Å². The van der Waals surface area contributed by atoms with Gasteiger partial charge >= 0.3 is 0 Å². The number of halogens is 1. The van der Waals surface area contributed by atoms with Gasteiger partial charge in [-0.05, 0) is 24.8 Å². The Kier molecular flexibility index (Phi) is 3.83. The summed E-state index contributed by atoms with van der Waals surface area (Å²) in [7, 11) is 1.60. The van der Waals surface area contributed by atoms with Crippen molar-refractivity contribution in [1.82, 2.24) is 0 Å². The molecule has 0 heterocycles. The molecule has 1 aromatic rings. The normalized spacial score (nSPS) is 16.7. The number of hydrogen-bond acceptors (Lipinski definition) is 3. The van der Waals surface area contributed by atoms with Crippen molar-refractivity contribution >= 4 is 12.4 Å². The molecule has 0 amide bonds. The number of methoxy groups -OCH3 is 1. The zero-order valence-corrected chi connectivity index (χ0v) is 9.46. The lowest BCUT2D eigenvalue weighted by molar-refractivity contribution is 0.396. The van der Waals surface area contributed by atoms with E-state index in [-0.39, 0.29) is 24.2 Å². The van der Waals surface area contributed by atoms with Crippen LogP contribution in [0.5, 0.6) is 11.5 Å². The molecule has 15 heavy (non-hydrogen) atoms. The largest absolute Gasteiger partial charge is 0.508 e. The van der Waals surface area contributed by atoms with Gasteiger partial charge in [0.15, 0.2) is 0 Å². The summed E-state index contributed by atoms with van der Waals surface area (Å²) >= 11 is 0. The first-order valence-electron chi connectivity index (χ1n) is 4.85. The van der Waals surface area contributed by atoms with Gasteiger partial charge in [-0.2, -0.15) is 0 Å². The van der Waals surface area contributed by atoms with Crippen molar-refractivity contribution in [2.24, 2.45) is 11.7 Å². The zero-order chi connectivity index (χ0) is 10.1. The summed E-state index contributed by atoms with van der Waals surface area (Å²) < 4.78 is 5.19. The summed E-state index contributed by atoms with van der Waals surface area (Å²) in [5.74, 6) is 1.49. The number of rotatable bonds is 3. The Balaban J connectivity index is 0.00000112. The minimum absolute atomic E-state index is 0. The first-order chi connectivity index (χ1) is 6.72. The van der Waals surface area contributed by atoms with Crippen molar-refractivity contribution in [1.29, 1.82) is 0 Å². The highest BCUT2D eigenvalue weighted by molar-refractivity contribution is 5.85. The molecule has 1 aliphatic carbocycles. The molecule has 3 N–H and O–H groups in total. The van der Waals surface area contributed by atoms with E-state index in [4.69, 9.17) is 10.5 Å². The second-order valence-corrected chi connectivity index (χ2v) is 3.79. The van der Waals surface area contributed by atoms with Crippen LogP contribution in [0.15, 0.2) is 18.2 Å². The Morgan fingerprint density at radius 1 is 1.47 bits per heavy atom. The zero-order valence-electron chi connectivity index (χ0n) is 8.64. The maximum Gasteiger partial charge on any atom is 0.127 e. The topological polar surface area (TPSA) is 55.5 Å². The lowest BCUT2D eigenvalue weighted by atomic mass is 10.0. The molecule has 1 aliphatic rings. The molecule has 2 rings (SSSR count). The van der Waals surface area contributed by atoms with Crippen molar-refractivity contribution in [3.63, 3.8) is 0 Å². The standard InChI is InChI=1S/C11H15NO2.ClH/c1-14-10-6-8(13)4-5-9(10)11(12)7-2-3-7;/h4-7,11,13H,2-3,12H2,1H3;1H/t11-;/m1./s1. The Bertz CT molecular complexity index is 339. The molecule has 1 atom stereocenters. The van der Waals surface area contributed by atoms with E-state index in [1.54, 1.807) is 19.2 Å². The van der Waals surface area contributed by atoms with Gasteiger partial charge in [0, 0.05) is 17.7 Å². The molecule has 1 saturated carbocycles. The summed E-state index contributed by atoms with van der Waals surface area (Å²) in [6, 6.07) is 5.15. The predicted molar refractivity (Wildman–Crippen MR) is 61.6 cm³/mol. The number of hydrogen-bond donors (Lipinski definition) is 2. The Labute approximate surface area is 95.7 Å². The van der Waals surface area contributed by atoms with Gasteiger partial charge < -0.3 is 15.6 Å². The fraction of sp³-hybridized carbons (Fsp3) is 0.455. The van der Waals surface area contributed by atoms with Gasteiger partial charge in [-0.15, -0.1) is 12.4 Å². The number of phenolic OH excluding ortho intramolecular Hbond substituents is 1. The van der Waals surface area contributed by atoms with Gasteiger partial charge in [-0.3, -0.25) is 0 Å². The first kappa shape index (κ1) is 12.1. The van der Waals surface area contributed by atoms with Crippen LogP contribution in [-0.2, 0) is 0 Å². The number of phenols is 1. The van der Waals surface area contributed by atoms with E-state index >= 15 is 0 Å². The van der Waals surface area contributed by atoms with Crippen LogP contribution < -0.4 is 10.5 Å². The van der Waals surface area contributed by atoms with Crippen LogP contribution in [0.4, 0.5) is 0 Å². The van der Waals surface area contributed by atoms with Crippen LogP contribution in [0.1, 0.15) is 24.4 Å². The van der Waals surface area contributed by atoms with Crippen LogP contribution in [0.25, 0.3) is 0 Å². The van der Waals surface area contributed by atoms with Crippen LogP contribution >= 0.6 is 12.4 Å². The molecule has 1 aromatic carbocycles. The van der Waals surface area contributed by atoms with Gasteiger partial charge in [0.2, 0.25) is 0 Å². The summed E-state index contributed by atoms with van der Waals surface area (Å²) in [4.78, 5) is 0. The summed E-state index contributed by atoms with van der Waals surface area (Å²) in [6.45, 7) is 0. The van der Waals surface area contributed by atoms with Crippen molar-refractivity contribution in [2.45, 2.75) is 18.9 Å². The van der Waals surface area contributed by atoms with Gasteiger partial charge in [-0.25, -0.2) is 0 Å². The predicted octanol–water partition coefficient (Wildman–Crippen LogP) is 2.23. The molecular formula is C11H16ClNO2. The first-order valence-corrected chi connectivity index (χ1v) is 4.85. The van der Waals surface area contributed by atoms with Gasteiger partial charge in [0.05, 0.1) is 7.11 Å². The highest BCUT2D eigenvalue weighted by atomic mass is 35.5. The molecule has 4 heteroatoms. The second-order valence-electron chi connectivity index (χ2n) is 3.79. The molecule has 84 valence electrons. The van der Waals surface area contributed by atoms with Crippen LogP contribution in [0.3, 0.4) is 0 Å². The molecule has 0 bridgehead atoms. The Hall–Kier alpha value is -0.930. The summed E-state index contributed by atoms with van der Waals surface area (Å²) in [5.41, 5.74) is 7.06. The molecular weight excluding hydrogens is 214 g/mol. The van der Waals surface area contributed by atoms with E-state index in [9.17, 15) is 5.11 Å². The molecule has 1 fully saturated rings. The monoisotopic (exact) mass is 229 g/mol. The smallest absolute Gasteiger partial charge is 0.127 e. The molecule has 0 unspecified atom stereocenters. The molecule has 0 aliphatic heterocycles. The van der Waals surface area contributed by atoms with Gasteiger partial charge in [0.25, 0.3) is 0 Å². The third kappa shape index (κ3) is 2.55. The summed E-state index contributed by atoms with van der Waals surface area (Å²) in [6.07, 6.45) is 2.40.